The van der Waals surface area contributed by atoms with Gasteiger partial charge in [0.2, 0.25) is 0 Å². The van der Waals surface area contributed by atoms with Gasteiger partial charge in [0.1, 0.15) is 0 Å². The third kappa shape index (κ3) is 2.46. The second-order valence-electron chi connectivity index (χ2n) is 6.36. The van der Waals surface area contributed by atoms with Crippen molar-refractivity contribution in [3.05, 3.63) is 47.5 Å². The fourth-order valence-corrected chi connectivity index (χ4v) is 3.60. The van der Waals surface area contributed by atoms with Crippen LogP contribution in [0, 0.1) is 6.92 Å². The van der Waals surface area contributed by atoms with E-state index in [0.29, 0.717) is 0 Å². The smallest absolute Gasteiger partial charge is 0.0850 e. The molecular weight excluding hydrogens is 270 g/mol. The van der Waals surface area contributed by atoms with Crippen LogP contribution in [0.5, 0.6) is 0 Å². The molecule has 2 aliphatic heterocycles. The number of hydrogen-bond donors (Lipinski definition) is 2. The average molecular weight is 293 g/mol. The molecule has 1 saturated heterocycles. The number of hydrogen-bond acceptors (Lipinski definition) is 3. The normalized spacial score (nSPS) is 17.1. The Morgan fingerprint density at radius 1 is 1.00 bits per heavy atom. The highest BCUT2D eigenvalue weighted by atomic mass is 15.1. The lowest BCUT2D eigenvalue weighted by molar-refractivity contribution is 0.331. The molecule has 2 aliphatic rings. The maximum Gasteiger partial charge on any atom is 0.0850 e. The number of anilines is 2. The van der Waals surface area contributed by atoms with Crippen LogP contribution >= 0.6 is 0 Å². The van der Waals surface area contributed by atoms with Crippen LogP contribution in [0.1, 0.15) is 24.0 Å². The summed E-state index contributed by atoms with van der Waals surface area (Å²) in [5.41, 5.74) is 7.95. The third-order valence-corrected chi connectivity index (χ3v) is 4.93. The van der Waals surface area contributed by atoms with Gasteiger partial charge in [-0.1, -0.05) is 24.3 Å². The quantitative estimate of drug-likeness (QED) is 0.894. The van der Waals surface area contributed by atoms with Gasteiger partial charge in [0.25, 0.3) is 0 Å². The van der Waals surface area contributed by atoms with E-state index >= 15 is 0 Å². The zero-order valence-electron chi connectivity index (χ0n) is 13.2. The van der Waals surface area contributed by atoms with Gasteiger partial charge in [-0.3, -0.25) is 4.90 Å². The Hall–Kier alpha value is -2.00. The number of rotatable bonds is 3. The molecule has 3 heteroatoms. The molecule has 2 heterocycles. The van der Waals surface area contributed by atoms with E-state index in [1.54, 1.807) is 0 Å². The molecule has 114 valence electrons. The van der Waals surface area contributed by atoms with Crippen molar-refractivity contribution in [2.24, 2.45) is 0 Å². The molecule has 0 aromatic heterocycles. The summed E-state index contributed by atoms with van der Waals surface area (Å²) >= 11 is 0. The summed E-state index contributed by atoms with van der Waals surface area (Å²) in [6.45, 7) is 6.67. The Morgan fingerprint density at radius 3 is 2.68 bits per heavy atom. The second-order valence-corrected chi connectivity index (χ2v) is 6.36. The van der Waals surface area contributed by atoms with E-state index in [9.17, 15) is 0 Å². The summed E-state index contributed by atoms with van der Waals surface area (Å²) in [7, 11) is 0. The first-order chi connectivity index (χ1) is 10.8. The molecule has 0 saturated carbocycles. The predicted molar refractivity (Wildman–Crippen MR) is 93.2 cm³/mol. The maximum absolute atomic E-state index is 3.38. The summed E-state index contributed by atoms with van der Waals surface area (Å²) in [5, 5.41) is 6.72. The minimum Gasteiger partial charge on any atom is -0.366 e. The van der Waals surface area contributed by atoms with Crippen LogP contribution in [-0.4, -0.2) is 24.7 Å². The zero-order chi connectivity index (χ0) is 14.9. The molecule has 0 spiro atoms. The highest BCUT2D eigenvalue weighted by Crippen LogP contribution is 2.34. The van der Waals surface area contributed by atoms with Gasteiger partial charge < -0.3 is 10.6 Å². The van der Waals surface area contributed by atoms with Crippen LogP contribution in [0.4, 0.5) is 11.4 Å². The molecule has 0 radical (unpaired) electrons. The zero-order valence-corrected chi connectivity index (χ0v) is 13.2. The highest BCUT2D eigenvalue weighted by molar-refractivity contribution is 5.81. The van der Waals surface area contributed by atoms with Crippen LogP contribution in [0.3, 0.4) is 0 Å². The van der Waals surface area contributed by atoms with Crippen LogP contribution in [0.2, 0.25) is 0 Å². The van der Waals surface area contributed by atoms with Gasteiger partial charge in [0.15, 0.2) is 0 Å². The highest BCUT2D eigenvalue weighted by Gasteiger charge is 2.15. The van der Waals surface area contributed by atoms with E-state index in [-0.39, 0.29) is 0 Å². The lowest BCUT2D eigenvalue weighted by Crippen LogP contribution is -2.19. The topological polar surface area (TPSA) is 27.3 Å². The van der Waals surface area contributed by atoms with Crippen molar-refractivity contribution in [1.29, 1.82) is 0 Å². The van der Waals surface area contributed by atoms with E-state index in [0.717, 1.165) is 13.2 Å². The Morgan fingerprint density at radius 2 is 1.82 bits per heavy atom. The Labute approximate surface area is 132 Å². The lowest BCUT2D eigenvalue weighted by Gasteiger charge is -2.18. The molecule has 2 N–H and O–H groups in total. The van der Waals surface area contributed by atoms with Gasteiger partial charge in [0.05, 0.1) is 18.0 Å². The molecule has 4 rings (SSSR count). The molecule has 3 nitrogen and oxygen atoms in total. The fraction of sp³-hybridized carbons (Fsp3) is 0.368. The van der Waals surface area contributed by atoms with Crippen LogP contribution in [0.15, 0.2) is 36.4 Å². The maximum atomic E-state index is 3.38. The number of fused-ring (bicyclic) bond motifs is 1. The third-order valence-electron chi connectivity index (χ3n) is 4.93. The van der Waals surface area contributed by atoms with Crippen molar-refractivity contribution in [3.63, 3.8) is 0 Å². The molecule has 0 atom stereocenters. The molecule has 1 fully saturated rings. The minimum atomic E-state index is 0.826. The fourth-order valence-electron chi connectivity index (χ4n) is 3.60. The van der Waals surface area contributed by atoms with Crippen molar-refractivity contribution >= 4 is 11.4 Å². The van der Waals surface area contributed by atoms with E-state index in [4.69, 9.17) is 0 Å². The van der Waals surface area contributed by atoms with Gasteiger partial charge in [-0.15, -0.1) is 0 Å². The molecule has 0 amide bonds. The minimum absolute atomic E-state index is 0.826. The van der Waals surface area contributed by atoms with Gasteiger partial charge in [-0.2, -0.15) is 0 Å². The molecular formula is C19H23N3. The van der Waals surface area contributed by atoms with Crippen LogP contribution in [0.25, 0.3) is 11.1 Å². The van der Waals surface area contributed by atoms with E-state index in [1.165, 1.54) is 59.6 Å². The number of nitrogens with one attached hydrogen (secondary N) is 2. The van der Waals surface area contributed by atoms with Crippen LogP contribution in [-0.2, 0) is 6.54 Å². The van der Waals surface area contributed by atoms with Gasteiger partial charge in [0, 0.05) is 6.54 Å². The molecule has 2 aromatic carbocycles. The summed E-state index contributed by atoms with van der Waals surface area (Å²) in [4.78, 5) is 2.57. The van der Waals surface area contributed by atoms with Crippen LogP contribution < -0.4 is 10.6 Å². The van der Waals surface area contributed by atoms with Crippen molar-refractivity contribution in [2.45, 2.75) is 26.3 Å². The van der Waals surface area contributed by atoms with Crippen molar-refractivity contribution in [3.8, 4) is 11.1 Å². The van der Waals surface area contributed by atoms with E-state index in [1.807, 2.05) is 0 Å². The van der Waals surface area contributed by atoms with E-state index < -0.39 is 0 Å². The summed E-state index contributed by atoms with van der Waals surface area (Å²) < 4.78 is 0. The first-order valence-electron chi connectivity index (χ1n) is 8.24. The first kappa shape index (κ1) is 13.6. The molecule has 0 aliphatic carbocycles. The largest absolute Gasteiger partial charge is 0.366 e. The molecule has 0 unspecified atom stereocenters. The first-order valence-corrected chi connectivity index (χ1v) is 8.24. The Kier molecular flexibility index (Phi) is 3.51. The lowest BCUT2D eigenvalue weighted by atomic mass is 9.95. The summed E-state index contributed by atoms with van der Waals surface area (Å²) in [6.07, 6.45) is 2.70. The molecule has 0 bridgehead atoms. The molecule has 2 aromatic rings. The van der Waals surface area contributed by atoms with Gasteiger partial charge in [-0.25, -0.2) is 0 Å². The Balaban J connectivity index is 1.66. The van der Waals surface area contributed by atoms with E-state index in [2.05, 4.69) is 58.9 Å². The van der Waals surface area contributed by atoms with Crippen molar-refractivity contribution < 1.29 is 0 Å². The van der Waals surface area contributed by atoms with Gasteiger partial charge in [-0.05, 0) is 67.2 Å². The van der Waals surface area contributed by atoms with Crippen molar-refractivity contribution in [1.82, 2.24) is 4.90 Å². The average Bonchev–Trinajstić information content (AvgIpc) is 3.19. The van der Waals surface area contributed by atoms with Gasteiger partial charge >= 0.3 is 0 Å². The number of benzene rings is 2. The monoisotopic (exact) mass is 293 g/mol. The number of nitrogens with zero attached hydrogens (tertiary/aromatic N) is 1. The van der Waals surface area contributed by atoms with Crippen molar-refractivity contribution in [2.75, 3.05) is 30.4 Å². The Bertz CT molecular complexity index is 687. The predicted octanol–water partition coefficient (Wildman–Crippen LogP) is 4.05. The second kappa shape index (κ2) is 5.65. The standard InChI is InChI=1S/C19H23N3/c1-14-16(12-22-9-2-3-10-22)5-4-6-17(14)15-7-8-18-19(11-15)21-13-20-18/h4-8,11,20-21H,2-3,9-10,12-13H2,1H3. The SMILES string of the molecule is Cc1c(CN2CCCC2)cccc1-c1ccc2c(c1)NCN2. The summed E-state index contributed by atoms with van der Waals surface area (Å²) in [5.74, 6) is 0. The number of likely N-dealkylation sites (tertiary alicyclic amines) is 1. The molecule has 22 heavy (non-hydrogen) atoms. The summed E-state index contributed by atoms with van der Waals surface area (Å²) in [6, 6.07) is 13.4.